The molecule has 0 amide bonds. The molecule has 0 unspecified atom stereocenters. The molecular formula is C18H15F2N7. The third-order valence-corrected chi connectivity index (χ3v) is 4.10. The van der Waals surface area contributed by atoms with Crippen LogP contribution in [-0.2, 0) is 13.6 Å². The van der Waals surface area contributed by atoms with E-state index in [1.807, 2.05) is 18.2 Å². The maximum Gasteiger partial charge on any atom is 0.225 e. The van der Waals surface area contributed by atoms with Crippen LogP contribution in [0.1, 0.15) is 5.69 Å². The summed E-state index contributed by atoms with van der Waals surface area (Å²) in [4.78, 5) is 12.9. The van der Waals surface area contributed by atoms with Gasteiger partial charge in [0.2, 0.25) is 5.95 Å². The van der Waals surface area contributed by atoms with Gasteiger partial charge in [0.25, 0.3) is 0 Å². The number of nitrogen functional groups attached to an aromatic ring is 1. The van der Waals surface area contributed by atoms with Crippen molar-refractivity contribution in [3.8, 4) is 11.3 Å². The van der Waals surface area contributed by atoms with Crippen LogP contribution < -0.4 is 11.1 Å². The number of nitrogens with zero attached hydrogens (tertiary/aromatic N) is 5. The van der Waals surface area contributed by atoms with Crippen LogP contribution in [0.2, 0.25) is 0 Å². The van der Waals surface area contributed by atoms with Crippen LogP contribution in [0.25, 0.3) is 22.3 Å². The third-order valence-electron chi connectivity index (χ3n) is 4.10. The number of aromatic nitrogens is 5. The molecule has 0 bridgehead atoms. The summed E-state index contributed by atoms with van der Waals surface area (Å²) in [7, 11) is 1.64. The highest BCUT2D eigenvalue weighted by atomic mass is 19.2. The average molecular weight is 367 g/mol. The van der Waals surface area contributed by atoms with Crippen LogP contribution in [0.4, 0.5) is 20.5 Å². The van der Waals surface area contributed by atoms with Crippen LogP contribution in [0.3, 0.4) is 0 Å². The Hall–Kier alpha value is -3.62. The largest absolute Gasteiger partial charge is 0.383 e. The zero-order chi connectivity index (χ0) is 19.0. The van der Waals surface area contributed by atoms with Gasteiger partial charge in [-0.15, -0.1) is 0 Å². The van der Waals surface area contributed by atoms with Crippen molar-refractivity contribution < 1.29 is 8.78 Å². The molecule has 0 aliphatic heterocycles. The molecule has 7 nitrogen and oxygen atoms in total. The normalized spacial score (nSPS) is 11.1. The van der Waals surface area contributed by atoms with Gasteiger partial charge in [-0.2, -0.15) is 10.1 Å². The molecule has 0 fully saturated rings. The van der Waals surface area contributed by atoms with Crippen LogP contribution in [0, 0.1) is 11.6 Å². The topological polar surface area (TPSA) is 94.5 Å². The second kappa shape index (κ2) is 6.60. The standard InChI is InChI=1S/C18H15F2N7/c1-27-16(21)13-15(11-6-4-7-12(19)14(11)20)24-18(25-17(13)26-27)23-9-10-5-2-3-8-22-10/h2-8H,9,21H2,1H3,(H,23,25,26). The van der Waals surface area contributed by atoms with Crippen molar-refractivity contribution in [2.45, 2.75) is 6.54 Å². The summed E-state index contributed by atoms with van der Waals surface area (Å²) in [6, 6.07) is 9.42. The molecule has 0 aliphatic carbocycles. The molecule has 136 valence electrons. The van der Waals surface area contributed by atoms with E-state index in [1.165, 1.54) is 16.8 Å². The highest BCUT2D eigenvalue weighted by molar-refractivity contribution is 5.99. The maximum absolute atomic E-state index is 14.4. The van der Waals surface area contributed by atoms with E-state index in [-0.39, 0.29) is 28.7 Å². The van der Waals surface area contributed by atoms with Gasteiger partial charge < -0.3 is 11.1 Å². The summed E-state index contributed by atoms with van der Waals surface area (Å²) in [6.07, 6.45) is 1.67. The van der Waals surface area contributed by atoms with E-state index in [2.05, 4.69) is 25.4 Å². The monoisotopic (exact) mass is 367 g/mol. The molecule has 4 aromatic rings. The molecule has 3 N–H and O–H groups in total. The van der Waals surface area contributed by atoms with Crippen molar-refractivity contribution in [1.29, 1.82) is 0 Å². The van der Waals surface area contributed by atoms with Crippen molar-refractivity contribution in [3.63, 3.8) is 0 Å². The first-order valence-electron chi connectivity index (χ1n) is 8.13. The SMILES string of the molecule is Cn1nc2nc(NCc3ccccn3)nc(-c3cccc(F)c3F)c2c1N. The van der Waals surface area contributed by atoms with Gasteiger partial charge in [-0.05, 0) is 24.3 Å². The van der Waals surface area contributed by atoms with Gasteiger partial charge in [0.05, 0.1) is 23.3 Å². The number of fused-ring (bicyclic) bond motifs is 1. The number of nitrogens with two attached hydrogens (primary N) is 1. The summed E-state index contributed by atoms with van der Waals surface area (Å²) < 4.78 is 29.6. The van der Waals surface area contributed by atoms with E-state index in [1.54, 1.807) is 13.2 Å². The second-order valence-corrected chi connectivity index (χ2v) is 5.88. The second-order valence-electron chi connectivity index (χ2n) is 5.88. The lowest BCUT2D eigenvalue weighted by atomic mass is 10.1. The Morgan fingerprint density at radius 2 is 1.96 bits per heavy atom. The molecular weight excluding hydrogens is 352 g/mol. The molecule has 0 saturated carbocycles. The van der Waals surface area contributed by atoms with Crippen molar-refractivity contribution in [3.05, 3.63) is 59.9 Å². The summed E-state index contributed by atoms with van der Waals surface area (Å²) in [5.41, 5.74) is 7.28. The summed E-state index contributed by atoms with van der Waals surface area (Å²) in [5.74, 6) is -1.49. The van der Waals surface area contributed by atoms with Gasteiger partial charge in [0.15, 0.2) is 17.3 Å². The average Bonchev–Trinajstić information content (AvgIpc) is 2.96. The fourth-order valence-corrected chi connectivity index (χ4v) is 2.75. The predicted octanol–water partition coefficient (Wildman–Crippen LogP) is 2.90. The molecule has 9 heteroatoms. The molecule has 0 saturated heterocycles. The summed E-state index contributed by atoms with van der Waals surface area (Å²) in [5, 5.41) is 7.64. The fraction of sp³-hybridized carbons (Fsp3) is 0.111. The van der Waals surface area contributed by atoms with Gasteiger partial charge in [-0.1, -0.05) is 12.1 Å². The molecule has 1 aromatic carbocycles. The maximum atomic E-state index is 14.4. The lowest BCUT2D eigenvalue weighted by molar-refractivity contribution is 0.511. The number of rotatable bonds is 4. The number of nitrogens with one attached hydrogen (secondary N) is 1. The molecule has 27 heavy (non-hydrogen) atoms. The van der Waals surface area contributed by atoms with Crippen LogP contribution in [-0.4, -0.2) is 24.7 Å². The van der Waals surface area contributed by atoms with E-state index in [9.17, 15) is 8.78 Å². The predicted molar refractivity (Wildman–Crippen MR) is 97.6 cm³/mol. The first-order chi connectivity index (χ1) is 13.0. The summed E-state index contributed by atoms with van der Waals surface area (Å²) in [6.45, 7) is 0.361. The minimum Gasteiger partial charge on any atom is -0.383 e. The fourth-order valence-electron chi connectivity index (χ4n) is 2.75. The number of hydrogen-bond donors (Lipinski definition) is 2. The van der Waals surface area contributed by atoms with Crippen LogP contribution in [0.15, 0.2) is 42.6 Å². The molecule has 3 aromatic heterocycles. The Labute approximate surface area is 152 Å². The van der Waals surface area contributed by atoms with E-state index in [4.69, 9.17) is 5.73 Å². The van der Waals surface area contributed by atoms with E-state index >= 15 is 0 Å². The van der Waals surface area contributed by atoms with Crippen molar-refractivity contribution >= 4 is 22.8 Å². The lowest BCUT2D eigenvalue weighted by Crippen LogP contribution is -2.06. The van der Waals surface area contributed by atoms with Gasteiger partial charge in [-0.3, -0.25) is 9.67 Å². The first kappa shape index (κ1) is 16.8. The minimum absolute atomic E-state index is 0.0111. The molecule has 4 rings (SSSR count). The minimum atomic E-state index is -1.00. The number of halogens is 2. The van der Waals surface area contributed by atoms with Crippen molar-refractivity contribution in [2.75, 3.05) is 11.1 Å². The number of pyridine rings is 1. The Morgan fingerprint density at radius 1 is 1.11 bits per heavy atom. The number of anilines is 2. The highest BCUT2D eigenvalue weighted by Gasteiger charge is 2.20. The smallest absolute Gasteiger partial charge is 0.225 e. The van der Waals surface area contributed by atoms with Crippen molar-refractivity contribution in [2.24, 2.45) is 7.05 Å². The Morgan fingerprint density at radius 3 is 2.74 bits per heavy atom. The Bertz CT molecular complexity index is 1130. The summed E-state index contributed by atoms with van der Waals surface area (Å²) >= 11 is 0. The number of benzene rings is 1. The van der Waals surface area contributed by atoms with Gasteiger partial charge in [0, 0.05) is 18.8 Å². The van der Waals surface area contributed by atoms with E-state index in [0.717, 1.165) is 11.8 Å². The van der Waals surface area contributed by atoms with E-state index in [0.29, 0.717) is 11.9 Å². The lowest BCUT2D eigenvalue weighted by Gasteiger charge is -2.09. The van der Waals surface area contributed by atoms with Crippen LogP contribution >= 0.6 is 0 Å². The first-order valence-corrected chi connectivity index (χ1v) is 8.13. The zero-order valence-electron chi connectivity index (χ0n) is 14.3. The Kier molecular flexibility index (Phi) is 4.11. The molecule has 0 radical (unpaired) electrons. The number of aryl methyl sites for hydroxylation is 1. The molecule has 0 spiro atoms. The van der Waals surface area contributed by atoms with Gasteiger partial charge >= 0.3 is 0 Å². The van der Waals surface area contributed by atoms with E-state index < -0.39 is 11.6 Å². The molecule has 0 atom stereocenters. The molecule has 3 heterocycles. The van der Waals surface area contributed by atoms with Gasteiger partial charge in [0.1, 0.15) is 5.82 Å². The third kappa shape index (κ3) is 3.03. The molecule has 0 aliphatic rings. The Balaban J connectivity index is 1.84. The number of hydrogen-bond acceptors (Lipinski definition) is 6. The van der Waals surface area contributed by atoms with Gasteiger partial charge in [-0.25, -0.2) is 13.8 Å². The van der Waals surface area contributed by atoms with Crippen molar-refractivity contribution in [1.82, 2.24) is 24.7 Å². The zero-order valence-corrected chi connectivity index (χ0v) is 14.3. The van der Waals surface area contributed by atoms with Crippen LogP contribution in [0.5, 0.6) is 0 Å². The quantitative estimate of drug-likeness (QED) is 0.576. The highest BCUT2D eigenvalue weighted by Crippen LogP contribution is 2.33.